The number of amides is 2. The van der Waals surface area contributed by atoms with E-state index in [0.717, 1.165) is 5.56 Å². The average molecular weight is 289 g/mol. The number of aromatic nitrogens is 2. The summed E-state index contributed by atoms with van der Waals surface area (Å²) >= 11 is 0. The highest BCUT2D eigenvalue weighted by molar-refractivity contribution is 5.96. The van der Waals surface area contributed by atoms with Crippen LogP contribution in [0.5, 0.6) is 0 Å². The predicted molar refractivity (Wildman–Crippen MR) is 73.7 cm³/mol. The molecule has 0 radical (unpaired) electrons. The van der Waals surface area contributed by atoms with Crippen LogP contribution in [0.4, 0.5) is 5.82 Å². The summed E-state index contributed by atoms with van der Waals surface area (Å²) in [7, 11) is 0. The Kier molecular flexibility index (Phi) is 4.50. The molecule has 1 heterocycles. The van der Waals surface area contributed by atoms with Crippen LogP contribution in [-0.2, 0) is 11.3 Å². The second-order valence-corrected chi connectivity index (χ2v) is 4.43. The van der Waals surface area contributed by atoms with Crippen LogP contribution in [0.1, 0.15) is 22.5 Å². The zero-order chi connectivity index (χ0) is 15.2. The van der Waals surface area contributed by atoms with Crippen molar-refractivity contribution in [1.82, 2.24) is 15.2 Å². The number of nitrogens with two attached hydrogens (primary N) is 2. The number of primary amides is 1. The number of hydrogen-bond donors (Lipinski definition) is 2. The topological polar surface area (TPSA) is 128 Å². The third-order valence-corrected chi connectivity index (χ3v) is 2.85. The molecule has 2 aromatic rings. The summed E-state index contributed by atoms with van der Waals surface area (Å²) in [6.07, 6.45) is 0.0454. The van der Waals surface area contributed by atoms with Crippen molar-refractivity contribution < 1.29 is 14.2 Å². The molecular formula is C13H15N5O3. The van der Waals surface area contributed by atoms with Crippen LogP contribution in [0.3, 0.4) is 0 Å². The number of benzene rings is 1. The SMILES string of the molecule is NC(=O)CCN(Cc1ccccc1)C(=O)c1nonc1N. The molecule has 110 valence electrons. The van der Waals surface area contributed by atoms with Crippen LogP contribution >= 0.6 is 0 Å². The minimum Gasteiger partial charge on any atom is -0.379 e. The Hall–Kier alpha value is -2.90. The fourth-order valence-electron chi connectivity index (χ4n) is 1.79. The van der Waals surface area contributed by atoms with E-state index < -0.39 is 11.8 Å². The van der Waals surface area contributed by atoms with Crippen molar-refractivity contribution in [3.8, 4) is 0 Å². The zero-order valence-electron chi connectivity index (χ0n) is 11.2. The lowest BCUT2D eigenvalue weighted by Crippen LogP contribution is -2.34. The highest BCUT2D eigenvalue weighted by atomic mass is 16.6. The maximum atomic E-state index is 12.4. The standard InChI is InChI=1S/C13H15N5O3/c14-10(19)6-7-18(8-9-4-2-1-3-5-9)13(20)11-12(15)17-21-16-11/h1-5H,6-8H2,(H2,14,19)(H2,15,17). The fourth-order valence-corrected chi connectivity index (χ4v) is 1.79. The molecule has 21 heavy (non-hydrogen) atoms. The summed E-state index contributed by atoms with van der Waals surface area (Å²) in [6, 6.07) is 9.33. The molecule has 8 heteroatoms. The molecule has 0 saturated carbocycles. The number of anilines is 1. The van der Waals surface area contributed by atoms with Crippen LogP contribution in [0.15, 0.2) is 35.0 Å². The molecule has 2 amide bonds. The number of carbonyl (C=O) groups is 2. The molecule has 0 aliphatic carbocycles. The van der Waals surface area contributed by atoms with Crippen molar-refractivity contribution in [1.29, 1.82) is 0 Å². The largest absolute Gasteiger partial charge is 0.379 e. The van der Waals surface area contributed by atoms with Gasteiger partial charge in [-0.05, 0) is 15.9 Å². The molecule has 2 rings (SSSR count). The first-order chi connectivity index (χ1) is 10.1. The Morgan fingerprint density at radius 3 is 2.48 bits per heavy atom. The Balaban J connectivity index is 2.17. The average Bonchev–Trinajstić information content (AvgIpc) is 2.90. The van der Waals surface area contributed by atoms with Gasteiger partial charge in [-0.3, -0.25) is 9.59 Å². The molecule has 0 saturated heterocycles. The van der Waals surface area contributed by atoms with Crippen LogP contribution in [0.2, 0.25) is 0 Å². The summed E-state index contributed by atoms with van der Waals surface area (Å²) in [5, 5.41) is 6.86. The van der Waals surface area contributed by atoms with Gasteiger partial charge in [-0.1, -0.05) is 30.3 Å². The van der Waals surface area contributed by atoms with Gasteiger partial charge in [-0.15, -0.1) is 0 Å². The molecule has 1 aromatic heterocycles. The molecule has 0 spiro atoms. The van der Waals surface area contributed by atoms with Gasteiger partial charge in [0.1, 0.15) is 0 Å². The lowest BCUT2D eigenvalue weighted by molar-refractivity contribution is -0.118. The first-order valence-corrected chi connectivity index (χ1v) is 6.27. The van der Waals surface area contributed by atoms with E-state index in [0.29, 0.717) is 6.54 Å². The molecule has 4 N–H and O–H groups in total. The Morgan fingerprint density at radius 2 is 1.90 bits per heavy atom. The molecule has 8 nitrogen and oxygen atoms in total. The zero-order valence-corrected chi connectivity index (χ0v) is 11.2. The summed E-state index contributed by atoms with van der Waals surface area (Å²) in [5.41, 5.74) is 11.5. The maximum Gasteiger partial charge on any atom is 0.280 e. The van der Waals surface area contributed by atoms with E-state index in [-0.39, 0.29) is 24.5 Å². The van der Waals surface area contributed by atoms with E-state index in [4.69, 9.17) is 11.5 Å². The van der Waals surface area contributed by atoms with Crippen LogP contribution in [0, 0.1) is 0 Å². The fraction of sp³-hybridized carbons (Fsp3) is 0.231. The molecular weight excluding hydrogens is 274 g/mol. The maximum absolute atomic E-state index is 12.4. The molecule has 0 unspecified atom stereocenters. The molecule has 0 aliphatic heterocycles. The van der Waals surface area contributed by atoms with Crippen molar-refractivity contribution in [2.24, 2.45) is 5.73 Å². The van der Waals surface area contributed by atoms with Crippen LogP contribution in [-0.4, -0.2) is 33.6 Å². The summed E-state index contributed by atoms with van der Waals surface area (Å²) in [6.45, 7) is 0.467. The Morgan fingerprint density at radius 1 is 1.19 bits per heavy atom. The van der Waals surface area contributed by atoms with Crippen molar-refractivity contribution in [2.75, 3.05) is 12.3 Å². The summed E-state index contributed by atoms with van der Waals surface area (Å²) in [4.78, 5) is 24.7. The normalized spacial score (nSPS) is 10.3. The van der Waals surface area contributed by atoms with Crippen molar-refractivity contribution >= 4 is 17.6 Å². The van der Waals surface area contributed by atoms with Gasteiger partial charge in [0.15, 0.2) is 0 Å². The number of carbonyl (C=O) groups excluding carboxylic acids is 2. The van der Waals surface area contributed by atoms with E-state index in [9.17, 15) is 9.59 Å². The van der Waals surface area contributed by atoms with Gasteiger partial charge in [0, 0.05) is 19.5 Å². The highest BCUT2D eigenvalue weighted by Gasteiger charge is 2.23. The van der Waals surface area contributed by atoms with Gasteiger partial charge < -0.3 is 16.4 Å². The number of hydrogen-bond acceptors (Lipinski definition) is 6. The van der Waals surface area contributed by atoms with Gasteiger partial charge in [-0.2, -0.15) is 0 Å². The lowest BCUT2D eigenvalue weighted by atomic mass is 10.2. The van der Waals surface area contributed by atoms with Crippen LogP contribution < -0.4 is 11.5 Å². The quantitative estimate of drug-likeness (QED) is 0.780. The van der Waals surface area contributed by atoms with E-state index in [1.807, 2.05) is 30.3 Å². The molecule has 0 bridgehead atoms. The molecule has 0 aliphatic rings. The predicted octanol–water partition coefficient (Wildman–Crippen LogP) is 0.170. The highest BCUT2D eigenvalue weighted by Crippen LogP contribution is 2.12. The van der Waals surface area contributed by atoms with Gasteiger partial charge in [0.25, 0.3) is 5.91 Å². The number of nitrogens with zero attached hydrogens (tertiary/aromatic N) is 3. The van der Waals surface area contributed by atoms with Gasteiger partial charge in [0.05, 0.1) is 0 Å². The van der Waals surface area contributed by atoms with Gasteiger partial charge >= 0.3 is 0 Å². The van der Waals surface area contributed by atoms with E-state index in [1.54, 1.807) is 0 Å². The second-order valence-electron chi connectivity index (χ2n) is 4.43. The van der Waals surface area contributed by atoms with Crippen molar-refractivity contribution in [2.45, 2.75) is 13.0 Å². The Bertz CT molecular complexity index is 626. The van der Waals surface area contributed by atoms with Crippen molar-refractivity contribution in [3.63, 3.8) is 0 Å². The molecule has 1 aromatic carbocycles. The van der Waals surface area contributed by atoms with Crippen LogP contribution in [0.25, 0.3) is 0 Å². The first kappa shape index (κ1) is 14.5. The smallest absolute Gasteiger partial charge is 0.280 e. The minimum atomic E-state index is -0.493. The monoisotopic (exact) mass is 289 g/mol. The Labute approximate surface area is 120 Å². The minimum absolute atomic E-state index is 0.0454. The van der Waals surface area contributed by atoms with Crippen molar-refractivity contribution in [3.05, 3.63) is 41.6 Å². The molecule has 0 fully saturated rings. The first-order valence-electron chi connectivity index (χ1n) is 6.27. The summed E-state index contributed by atoms with van der Waals surface area (Å²) in [5.74, 6) is -1.04. The van der Waals surface area contributed by atoms with Gasteiger partial charge in [0.2, 0.25) is 17.4 Å². The number of nitrogen functional groups attached to an aromatic ring is 1. The van der Waals surface area contributed by atoms with E-state index in [1.165, 1.54) is 4.90 Å². The third kappa shape index (κ3) is 3.78. The van der Waals surface area contributed by atoms with E-state index >= 15 is 0 Å². The molecule has 0 atom stereocenters. The summed E-state index contributed by atoms with van der Waals surface area (Å²) < 4.78 is 4.43. The number of rotatable bonds is 6. The third-order valence-electron chi connectivity index (χ3n) is 2.85. The van der Waals surface area contributed by atoms with E-state index in [2.05, 4.69) is 14.9 Å². The van der Waals surface area contributed by atoms with Gasteiger partial charge in [-0.25, -0.2) is 4.63 Å². The lowest BCUT2D eigenvalue weighted by Gasteiger charge is -2.21. The second kappa shape index (κ2) is 6.51.